The minimum absolute atomic E-state index is 0.0302. The van der Waals surface area contributed by atoms with Gasteiger partial charge in [0.1, 0.15) is 17.3 Å². The van der Waals surface area contributed by atoms with Crippen LogP contribution >= 0.6 is 15.9 Å². The molecule has 0 aromatic heterocycles. The molecule has 0 radical (unpaired) electrons. The van der Waals surface area contributed by atoms with Gasteiger partial charge in [-0.15, -0.1) is 0 Å². The molecule has 0 N–H and O–H groups in total. The van der Waals surface area contributed by atoms with Crippen LogP contribution in [0.4, 0.5) is 23.2 Å². The van der Waals surface area contributed by atoms with Crippen LogP contribution in [0.2, 0.25) is 0 Å². The van der Waals surface area contributed by atoms with Crippen LogP contribution in [0, 0.1) is 12.4 Å². The molecule has 0 aliphatic rings. The molecule has 0 fully saturated rings. The van der Waals surface area contributed by atoms with E-state index in [1.54, 1.807) is 0 Å². The predicted octanol–water partition coefficient (Wildman–Crippen LogP) is 5.22. The highest BCUT2D eigenvalue weighted by molar-refractivity contribution is 9.10. The van der Waals surface area contributed by atoms with Gasteiger partial charge in [-0.05, 0) is 46.3 Å². The maximum Gasteiger partial charge on any atom is 0.501 e. The fraction of sp³-hybridized carbons (Fsp3) is 0.0714. The van der Waals surface area contributed by atoms with E-state index in [1.807, 2.05) is 0 Å². The third kappa shape index (κ3) is 3.68. The van der Waals surface area contributed by atoms with Crippen LogP contribution < -0.4 is 4.74 Å². The average molecular weight is 424 g/mol. The van der Waals surface area contributed by atoms with Gasteiger partial charge in [0.15, 0.2) is 5.69 Å². The number of rotatable bonds is 3. The lowest BCUT2D eigenvalue weighted by Crippen LogP contribution is -2.23. The first-order valence-electron chi connectivity index (χ1n) is 6.01. The minimum atomic E-state index is -5.49. The number of nitrogens with zero attached hydrogens (tertiary/aromatic N) is 1. The maximum atomic E-state index is 13.3. The molecular formula is C14H6BrF4NO3S. The molecule has 2 aromatic carbocycles. The summed E-state index contributed by atoms with van der Waals surface area (Å²) >= 11 is 2.91. The normalized spacial score (nSPS) is 11.8. The van der Waals surface area contributed by atoms with Crippen LogP contribution in [0.25, 0.3) is 4.85 Å². The number of hydrogen-bond donors (Lipinski definition) is 0. The van der Waals surface area contributed by atoms with Gasteiger partial charge in [-0.3, -0.25) is 0 Å². The lowest BCUT2D eigenvalue weighted by Gasteiger charge is -2.12. The lowest BCUT2D eigenvalue weighted by molar-refractivity contribution is -0.0436. The first-order valence-corrected chi connectivity index (χ1v) is 8.29. The number of alkyl halides is 3. The summed E-state index contributed by atoms with van der Waals surface area (Å²) in [5, 5.41) is 0. The summed E-state index contributed by atoms with van der Waals surface area (Å²) in [4.78, 5) is 2.08. The van der Waals surface area contributed by atoms with Gasteiger partial charge in [-0.2, -0.15) is 13.2 Å². The molecule has 0 atom stereocenters. The van der Waals surface area contributed by atoms with Gasteiger partial charge >= 0.3 is 5.51 Å². The summed E-state index contributed by atoms with van der Waals surface area (Å²) in [6.45, 7) is 6.83. The Morgan fingerprint density at radius 1 is 1.12 bits per heavy atom. The van der Waals surface area contributed by atoms with E-state index in [1.165, 1.54) is 6.07 Å². The van der Waals surface area contributed by atoms with Crippen LogP contribution in [0.5, 0.6) is 11.5 Å². The zero-order valence-corrected chi connectivity index (χ0v) is 13.8. The standard InChI is InChI=1S/C14H6BrF4NO3S/c1-20-9-4-8(16)5-10(6-9)23-13-3-2-11(7-12(13)15)24(21,22)14(17,18)19/h2-7H. The molecule has 0 saturated heterocycles. The molecule has 0 aliphatic heterocycles. The molecule has 2 aromatic rings. The maximum absolute atomic E-state index is 13.3. The van der Waals surface area contributed by atoms with Crippen molar-refractivity contribution in [2.45, 2.75) is 10.4 Å². The first-order chi connectivity index (χ1) is 11.0. The molecule has 0 aliphatic carbocycles. The summed E-state index contributed by atoms with van der Waals surface area (Å²) in [5.41, 5.74) is -5.46. The van der Waals surface area contributed by atoms with E-state index >= 15 is 0 Å². The molecule has 0 heterocycles. The second-order valence-electron chi connectivity index (χ2n) is 4.40. The van der Waals surface area contributed by atoms with Gasteiger partial charge in [0.2, 0.25) is 0 Å². The number of sulfone groups is 1. The van der Waals surface area contributed by atoms with Crippen molar-refractivity contribution >= 4 is 31.5 Å². The molecule has 2 rings (SSSR count). The molecular weight excluding hydrogens is 418 g/mol. The molecule has 0 unspecified atom stereocenters. The van der Waals surface area contributed by atoms with Crippen molar-refractivity contribution in [3.63, 3.8) is 0 Å². The summed E-state index contributed by atoms with van der Waals surface area (Å²) in [5.74, 6) is -0.836. The number of benzene rings is 2. The Balaban J connectivity index is 2.39. The molecule has 24 heavy (non-hydrogen) atoms. The largest absolute Gasteiger partial charge is 0.501 e. The van der Waals surface area contributed by atoms with E-state index in [2.05, 4.69) is 20.8 Å². The lowest BCUT2D eigenvalue weighted by atomic mass is 10.3. The van der Waals surface area contributed by atoms with Crippen LogP contribution in [-0.4, -0.2) is 13.9 Å². The highest BCUT2D eigenvalue weighted by Crippen LogP contribution is 2.37. The van der Waals surface area contributed by atoms with Crippen molar-refractivity contribution in [3.05, 3.63) is 58.1 Å². The van der Waals surface area contributed by atoms with Crippen molar-refractivity contribution in [2.24, 2.45) is 0 Å². The highest BCUT2D eigenvalue weighted by Gasteiger charge is 2.47. The Labute approximate surface area is 142 Å². The average Bonchev–Trinajstić information content (AvgIpc) is 2.47. The highest BCUT2D eigenvalue weighted by atomic mass is 79.9. The number of halogens is 5. The zero-order valence-electron chi connectivity index (χ0n) is 11.4. The molecule has 4 nitrogen and oxygen atoms in total. The third-order valence-electron chi connectivity index (χ3n) is 2.73. The summed E-state index contributed by atoms with van der Waals surface area (Å²) < 4.78 is 78.8. The van der Waals surface area contributed by atoms with Crippen molar-refractivity contribution in [1.82, 2.24) is 0 Å². The Morgan fingerprint density at radius 2 is 1.79 bits per heavy atom. The topological polar surface area (TPSA) is 47.7 Å². The van der Waals surface area contributed by atoms with Crippen molar-refractivity contribution in [3.8, 4) is 11.5 Å². The summed E-state index contributed by atoms with van der Waals surface area (Å²) in [7, 11) is -5.49. The minimum Gasteiger partial charge on any atom is -0.457 e. The fourth-order valence-corrected chi connectivity index (χ4v) is 3.06. The van der Waals surface area contributed by atoms with E-state index in [4.69, 9.17) is 11.3 Å². The van der Waals surface area contributed by atoms with Gasteiger partial charge < -0.3 is 4.74 Å². The van der Waals surface area contributed by atoms with Crippen molar-refractivity contribution < 1.29 is 30.7 Å². The first kappa shape index (κ1) is 18.2. The zero-order chi connectivity index (χ0) is 18.1. The smallest absolute Gasteiger partial charge is 0.457 e. The number of hydrogen-bond acceptors (Lipinski definition) is 3. The molecule has 126 valence electrons. The quantitative estimate of drug-likeness (QED) is 0.501. The van der Waals surface area contributed by atoms with Gasteiger partial charge in [0.25, 0.3) is 9.84 Å². The molecule has 10 heteroatoms. The van der Waals surface area contributed by atoms with Gasteiger partial charge in [-0.1, -0.05) is 0 Å². The third-order valence-corrected chi connectivity index (χ3v) is 4.83. The van der Waals surface area contributed by atoms with Crippen LogP contribution in [0.1, 0.15) is 0 Å². The van der Waals surface area contributed by atoms with Crippen LogP contribution in [0.3, 0.4) is 0 Å². The Bertz CT molecular complexity index is 936. The van der Waals surface area contributed by atoms with Crippen LogP contribution in [0.15, 0.2) is 45.8 Å². The molecule has 0 bridgehead atoms. The summed E-state index contributed by atoms with van der Waals surface area (Å²) in [6, 6.07) is 5.62. The van der Waals surface area contributed by atoms with E-state index in [-0.39, 0.29) is 21.7 Å². The Morgan fingerprint density at radius 3 is 2.33 bits per heavy atom. The second-order valence-corrected chi connectivity index (χ2v) is 7.20. The van der Waals surface area contributed by atoms with Crippen molar-refractivity contribution in [2.75, 3.05) is 0 Å². The van der Waals surface area contributed by atoms with E-state index in [0.717, 1.165) is 30.3 Å². The monoisotopic (exact) mass is 423 g/mol. The van der Waals surface area contributed by atoms with E-state index < -0.39 is 26.1 Å². The van der Waals surface area contributed by atoms with Gasteiger partial charge in [0, 0.05) is 6.07 Å². The molecule has 0 spiro atoms. The Kier molecular flexibility index (Phi) is 4.87. The van der Waals surface area contributed by atoms with Gasteiger partial charge in [0.05, 0.1) is 15.9 Å². The van der Waals surface area contributed by atoms with Crippen molar-refractivity contribution in [1.29, 1.82) is 0 Å². The van der Waals surface area contributed by atoms with E-state index in [0.29, 0.717) is 0 Å². The SMILES string of the molecule is [C-]#[N+]c1cc(F)cc(Oc2ccc(S(=O)(=O)C(F)(F)F)cc2Br)c1. The Hall–Kier alpha value is -2.12. The second kappa shape index (κ2) is 6.41. The molecule has 0 saturated carbocycles. The van der Waals surface area contributed by atoms with Crippen LogP contribution in [-0.2, 0) is 9.84 Å². The predicted molar refractivity (Wildman–Crippen MR) is 80.1 cm³/mol. The van der Waals surface area contributed by atoms with E-state index in [9.17, 15) is 26.0 Å². The fourth-order valence-electron chi connectivity index (χ4n) is 1.66. The number of ether oxygens (including phenoxy) is 1. The summed E-state index contributed by atoms with van der Waals surface area (Å²) in [6.07, 6.45) is 0. The van der Waals surface area contributed by atoms with Gasteiger partial charge in [-0.25, -0.2) is 17.7 Å². The molecule has 0 amide bonds.